The number of benzene rings is 1. The number of halogens is 1. The fourth-order valence-corrected chi connectivity index (χ4v) is 3.21. The molecule has 1 heterocycles. The van der Waals surface area contributed by atoms with Crippen LogP contribution in [0.5, 0.6) is 5.75 Å². The molecule has 0 bridgehead atoms. The maximum Gasteiger partial charge on any atom is 0.191 e. The summed E-state index contributed by atoms with van der Waals surface area (Å²) in [5.74, 6) is 1.55. The summed E-state index contributed by atoms with van der Waals surface area (Å²) >= 11 is 0. The van der Waals surface area contributed by atoms with E-state index in [1.165, 1.54) is 24.8 Å². The van der Waals surface area contributed by atoms with Gasteiger partial charge in [0.15, 0.2) is 5.96 Å². The van der Waals surface area contributed by atoms with E-state index in [0.29, 0.717) is 5.96 Å². The molecule has 1 aliphatic heterocycles. The van der Waals surface area contributed by atoms with E-state index < -0.39 is 0 Å². The minimum atomic E-state index is 0. The Morgan fingerprint density at radius 3 is 2.43 bits per heavy atom. The van der Waals surface area contributed by atoms with Crippen molar-refractivity contribution in [3.63, 3.8) is 0 Å². The third-order valence-electron chi connectivity index (χ3n) is 4.89. The molecular weight excluding hydrogens is 405 g/mol. The highest BCUT2D eigenvalue weighted by Crippen LogP contribution is 2.44. The molecule has 0 unspecified atom stereocenters. The lowest BCUT2D eigenvalue weighted by Crippen LogP contribution is -2.46. The quantitative estimate of drug-likeness (QED) is 0.452. The number of guanidine groups is 1. The van der Waals surface area contributed by atoms with E-state index in [1.54, 1.807) is 7.11 Å². The van der Waals surface area contributed by atoms with Crippen molar-refractivity contribution in [1.29, 1.82) is 0 Å². The topological polar surface area (TPSA) is 60.1 Å². The highest BCUT2D eigenvalue weighted by Gasteiger charge is 2.38. The van der Waals surface area contributed by atoms with Gasteiger partial charge in [0.25, 0.3) is 0 Å². The molecule has 1 saturated heterocycles. The Bertz CT molecular complexity index is 523. The molecule has 0 aromatic heterocycles. The van der Waals surface area contributed by atoms with Gasteiger partial charge in [-0.05, 0) is 30.5 Å². The van der Waals surface area contributed by atoms with Crippen LogP contribution in [0.1, 0.15) is 24.8 Å². The van der Waals surface area contributed by atoms with Gasteiger partial charge in [-0.3, -0.25) is 4.99 Å². The lowest BCUT2D eigenvalue weighted by atomic mass is 9.64. The first kappa shape index (κ1) is 18.3. The molecule has 6 heteroatoms. The van der Waals surface area contributed by atoms with E-state index in [-0.39, 0.29) is 29.4 Å². The van der Waals surface area contributed by atoms with E-state index in [2.05, 4.69) is 17.0 Å². The number of methoxy groups -OCH3 is 1. The van der Waals surface area contributed by atoms with Crippen molar-refractivity contribution in [1.82, 2.24) is 4.90 Å². The molecule has 2 aliphatic rings. The van der Waals surface area contributed by atoms with Gasteiger partial charge >= 0.3 is 0 Å². The number of aliphatic imine (C=N–C) groups is 1. The van der Waals surface area contributed by atoms with E-state index in [9.17, 15) is 0 Å². The molecule has 2 fully saturated rings. The number of hydrogen-bond acceptors (Lipinski definition) is 3. The van der Waals surface area contributed by atoms with Gasteiger partial charge in [-0.2, -0.15) is 0 Å². The van der Waals surface area contributed by atoms with Crippen LogP contribution in [-0.2, 0) is 10.2 Å². The molecule has 23 heavy (non-hydrogen) atoms. The number of ether oxygens (including phenoxy) is 2. The van der Waals surface area contributed by atoms with Crippen LogP contribution < -0.4 is 10.5 Å². The maximum absolute atomic E-state index is 6.16. The summed E-state index contributed by atoms with van der Waals surface area (Å²) in [4.78, 5) is 6.81. The number of hydrogen-bond donors (Lipinski definition) is 1. The third-order valence-corrected chi connectivity index (χ3v) is 4.89. The smallest absolute Gasteiger partial charge is 0.191 e. The zero-order valence-corrected chi connectivity index (χ0v) is 16.0. The van der Waals surface area contributed by atoms with Crippen LogP contribution in [-0.4, -0.2) is 50.8 Å². The molecule has 128 valence electrons. The predicted molar refractivity (Wildman–Crippen MR) is 103 cm³/mol. The van der Waals surface area contributed by atoms with Crippen LogP contribution in [0, 0.1) is 0 Å². The molecule has 0 atom stereocenters. The summed E-state index contributed by atoms with van der Waals surface area (Å²) in [5, 5.41) is 0. The number of nitrogens with two attached hydrogens (primary N) is 1. The molecule has 5 nitrogen and oxygen atoms in total. The van der Waals surface area contributed by atoms with Crippen molar-refractivity contribution in [2.45, 2.75) is 24.7 Å². The largest absolute Gasteiger partial charge is 0.497 e. The molecule has 1 aromatic carbocycles. The second kappa shape index (κ2) is 8.19. The average molecular weight is 431 g/mol. The molecule has 2 N–H and O–H groups in total. The normalized spacial score (nSPS) is 20.4. The molecule has 3 rings (SSSR count). The summed E-state index contributed by atoms with van der Waals surface area (Å²) in [7, 11) is 1.70. The molecule has 0 spiro atoms. The minimum Gasteiger partial charge on any atom is -0.497 e. The van der Waals surface area contributed by atoms with Crippen molar-refractivity contribution >= 4 is 29.9 Å². The number of nitrogens with zero attached hydrogens (tertiary/aromatic N) is 2. The van der Waals surface area contributed by atoms with Gasteiger partial charge in [-0.1, -0.05) is 18.6 Å². The van der Waals surface area contributed by atoms with E-state index in [0.717, 1.165) is 38.6 Å². The summed E-state index contributed by atoms with van der Waals surface area (Å²) in [6, 6.07) is 8.39. The monoisotopic (exact) mass is 431 g/mol. The number of rotatable bonds is 4. The minimum absolute atomic E-state index is 0. The van der Waals surface area contributed by atoms with Crippen molar-refractivity contribution in [3.8, 4) is 5.75 Å². The standard InChI is InChI=1S/C17H25N3O2.HI/c1-21-15-5-3-14(4-6-15)17(7-2-8-17)13-19-16(18)20-9-11-22-12-10-20;/h3-6H,2,7-13H2,1H3,(H2,18,19);1H. The Morgan fingerprint density at radius 1 is 1.26 bits per heavy atom. The molecule has 0 radical (unpaired) electrons. The molecule has 0 amide bonds. The van der Waals surface area contributed by atoms with E-state index in [4.69, 9.17) is 20.2 Å². The first-order chi connectivity index (χ1) is 10.7. The van der Waals surface area contributed by atoms with Crippen LogP contribution in [0.2, 0.25) is 0 Å². The Labute approximate surface area is 155 Å². The van der Waals surface area contributed by atoms with Crippen molar-refractivity contribution in [3.05, 3.63) is 29.8 Å². The fraction of sp³-hybridized carbons (Fsp3) is 0.588. The Kier molecular flexibility index (Phi) is 6.52. The fourth-order valence-electron chi connectivity index (χ4n) is 3.21. The number of morpholine rings is 1. The van der Waals surface area contributed by atoms with Gasteiger partial charge < -0.3 is 20.1 Å². The average Bonchev–Trinajstić information content (AvgIpc) is 2.55. The first-order valence-corrected chi connectivity index (χ1v) is 8.01. The second-order valence-electron chi connectivity index (χ2n) is 6.14. The Morgan fingerprint density at radius 2 is 1.91 bits per heavy atom. The van der Waals surface area contributed by atoms with Gasteiger partial charge in [-0.25, -0.2) is 0 Å². The lowest BCUT2D eigenvalue weighted by molar-refractivity contribution is 0.0673. The Balaban J connectivity index is 0.00000192. The van der Waals surface area contributed by atoms with Gasteiger partial charge in [-0.15, -0.1) is 24.0 Å². The van der Waals surface area contributed by atoms with Crippen molar-refractivity contribution < 1.29 is 9.47 Å². The third kappa shape index (κ3) is 4.09. The highest BCUT2D eigenvalue weighted by molar-refractivity contribution is 14.0. The van der Waals surface area contributed by atoms with Crippen molar-refractivity contribution in [2.75, 3.05) is 40.0 Å². The molecule has 1 aromatic rings. The second-order valence-corrected chi connectivity index (χ2v) is 6.14. The van der Waals surface area contributed by atoms with Crippen LogP contribution in [0.25, 0.3) is 0 Å². The Hall–Kier alpha value is -1.02. The zero-order chi connectivity index (χ0) is 15.4. The molecule has 1 saturated carbocycles. The van der Waals surface area contributed by atoms with Gasteiger partial charge in [0.05, 0.1) is 26.9 Å². The summed E-state index contributed by atoms with van der Waals surface area (Å²) in [6.07, 6.45) is 3.62. The van der Waals surface area contributed by atoms with E-state index >= 15 is 0 Å². The van der Waals surface area contributed by atoms with Crippen LogP contribution >= 0.6 is 24.0 Å². The van der Waals surface area contributed by atoms with Gasteiger partial charge in [0.2, 0.25) is 0 Å². The van der Waals surface area contributed by atoms with Gasteiger partial charge in [0, 0.05) is 18.5 Å². The highest BCUT2D eigenvalue weighted by atomic mass is 127. The lowest BCUT2D eigenvalue weighted by Gasteiger charge is -2.41. The summed E-state index contributed by atoms with van der Waals surface area (Å²) in [6.45, 7) is 3.91. The SMILES string of the molecule is COc1ccc(C2(CN=C(N)N3CCOCC3)CCC2)cc1.I. The van der Waals surface area contributed by atoms with E-state index in [1.807, 2.05) is 12.1 Å². The van der Waals surface area contributed by atoms with Crippen LogP contribution in [0.3, 0.4) is 0 Å². The maximum atomic E-state index is 6.16. The van der Waals surface area contributed by atoms with Crippen LogP contribution in [0.15, 0.2) is 29.3 Å². The molecule has 1 aliphatic carbocycles. The predicted octanol–water partition coefficient (Wildman–Crippen LogP) is 2.38. The zero-order valence-electron chi connectivity index (χ0n) is 13.7. The van der Waals surface area contributed by atoms with Gasteiger partial charge in [0.1, 0.15) is 5.75 Å². The summed E-state index contributed by atoms with van der Waals surface area (Å²) in [5.41, 5.74) is 7.66. The van der Waals surface area contributed by atoms with Crippen molar-refractivity contribution in [2.24, 2.45) is 10.7 Å². The summed E-state index contributed by atoms with van der Waals surface area (Å²) < 4.78 is 10.6. The molecular formula is C17H26IN3O2. The first-order valence-electron chi connectivity index (χ1n) is 8.01. The van der Waals surface area contributed by atoms with Crippen LogP contribution in [0.4, 0.5) is 0 Å².